The van der Waals surface area contributed by atoms with Crippen molar-refractivity contribution in [2.24, 2.45) is 5.73 Å². The average Bonchev–Trinajstić information content (AvgIpc) is 2.13. The third kappa shape index (κ3) is 9.62. The molecule has 1 atom stereocenters. The maximum Gasteiger partial charge on any atom is 0.407 e. The summed E-state index contributed by atoms with van der Waals surface area (Å²) in [7, 11) is 0. The second-order valence-electron chi connectivity index (χ2n) is 4.86. The molecule has 0 aliphatic rings. The van der Waals surface area contributed by atoms with Gasteiger partial charge in [-0.25, -0.2) is 4.79 Å². The summed E-state index contributed by atoms with van der Waals surface area (Å²) in [5, 5.41) is 5.25. The first kappa shape index (κ1) is 15.7. The van der Waals surface area contributed by atoms with Crippen LogP contribution in [0.15, 0.2) is 0 Å². The number of alkyl carbamates (subject to hydrolysis) is 1. The van der Waals surface area contributed by atoms with Gasteiger partial charge in [0.2, 0.25) is 5.91 Å². The second kappa shape index (κ2) is 7.11. The lowest BCUT2D eigenvalue weighted by Gasteiger charge is -2.19. The van der Waals surface area contributed by atoms with Gasteiger partial charge in [-0.1, -0.05) is 0 Å². The Balaban J connectivity index is 3.53. The lowest BCUT2D eigenvalue weighted by atomic mass is 10.2. The summed E-state index contributed by atoms with van der Waals surface area (Å²) >= 11 is 0. The Hall–Kier alpha value is -1.30. The molecule has 6 heteroatoms. The molecule has 0 saturated heterocycles. The zero-order valence-electron chi connectivity index (χ0n) is 11.0. The van der Waals surface area contributed by atoms with Crippen LogP contribution in [0.2, 0.25) is 0 Å². The van der Waals surface area contributed by atoms with Gasteiger partial charge in [-0.05, 0) is 34.1 Å². The molecule has 100 valence electrons. The van der Waals surface area contributed by atoms with Gasteiger partial charge in [-0.3, -0.25) is 4.79 Å². The number of amides is 2. The summed E-state index contributed by atoms with van der Waals surface area (Å²) in [6.45, 7) is 7.96. The standard InChI is InChI=1S/C11H23N3O3/c1-8(12)9(15)13-6-5-7-14-10(16)17-11(2,3)4/h8H,5-7,12H2,1-4H3,(H,13,15)(H,14,16)/t8-/m0/s1. The van der Waals surface area contributed by atoms with Crippen molar-refractivity contribution >= 4 is 12.0 Å². The summed E-state index contributed by atoms with van der Waals surface area (Å²) in [5.41, 5.74) is 4.87. The van der Waals surface area contributed by atoms with E-state index in [1.54, 1.807) is 27.7 Å². The lowest BCUT2D eigenvalue weighted by Crippen LogP contribution is -2.39. The van der Waals surface area contributed by atoms with E-state index < -0.39 is 17.7 Å². The molecule has 0 radical (unpaired) electrons. The lowest BCUT2D eigenvalue weighted by molar-refractivity contribution is -0.121. The quantitative estimate of drug-likeness (QED) is 0.610. The minimum absolute atomic E-state index is 0.192. The van der Waals surface area contributed by atoms with Gasteiger partial charge in [0, 0.05) is 13.1 Å². The molecule has 0 aromatic heterocycles. The van der Waals surface area contributed by atoms with E-state index in [2.05, 4.69) is 10.6 Å². The Kier molecular flexibility index (Phi) is 6.57. The van der Waals surface area contributed by atoms with Crippen LogP contribution >= 0.6 is 0 Å². The number of carbonyl (C=O) groups is 2. The van der Waals surface area contributed by atoms with Crippen molar-refractivity contribution in [1.29, 1.82) is 0 Å². The molecule has 2 amide bonds. The highest BCUT2D eigenvalue weighted by molar-refractivity contribution is 5.80. The van der Waals surface area contributed by atoms with Crippen molar-refractivity contribution in [1.82, 2.24) is 10.6 Å². The van der Waals surface area contributed by atoms with E-state index in [9.17, 15) is 9.59 Å². The van der Waals surface area contributed by atoms with Crippen LogP contribution in [0.1, 0.15) is 34.1 Å². The Labute approximate surface area is 102 Å². The average molecular weight is 245 g/mol. The first-order chi connectivity index (χ1) is 7.72. The number of ether oxygens (including phenoxy) is 1. The van der Waals surface area contributed by atoms with E-state index in [1.807, 2.05) is 0 Å². The first-order valence-corrected chi connectivity index (χ1v) is 5.72. The molecule has 0 aliphatic heterocycles. The molecule has 0 heterocycles. The van der Waals surface area contributed by atoms with Gasteiger partial charge in [0.25, 0.3) is 0 Å². The molecular formula is C11H23N3O3. The van der Waals surface area contributed by atoms with Crippen molar-refractivity contribution in [3.05, 3.63) is 0 Å². The molecule has 17 heavy (non-hydrogen) atoms. The number of nitrogens with one attached hydrogen (secondary N) is 2. The molecule has 0 aliphatic carbocycles. The van der Waals surface area contributed by atoms with Gasteiger partial charge >= 0.3 is 6.09 Å². The van der Waals surface area contributed by atoms with E-state index >= 15 is 0 Å². The molecule has 0 spiro atoms. The zero-order chi connectivity index (χ0) is 13.5. The highest BCUT2D eigenvalue weighted by atomic mass is 16.6. The maximum atomic E-state index is 11.2. The van der Waals surface area contributed by atoms with Crippen LogP contribution in [0, 0.1) is 0 Å². The third-order valence-corrected chi connectivity index (χ3v) is 1.73. The predicted molar refractivity (Wildman–Crippen MR) is 65.5 cm³/mol. The topological polar surface area (TPSA) is 93.5 Å². The minimum atomic E-state index is -0.506. The number of rotatable bonds is 5. The number of hydrogen-bond donors (Lipinski definition) is 3. The van der Waals surface area contributed by atoms with Crippen LogP contribution in [0.25, 0.3) is 0 Å². The number of hydrogen-bond acceptors (Lipinski definition) is 4. The maximum absolute atomic E-state index is 11.2. The van der Waals surface area contributed by atoms with Crippen molar-refractivity contribution < 1.29 is 14.3 Å². The van der Waals surface area contributed by atoms with Gasteiger partial charge in [-0.2, -0.15) is 0 Å². The van der Waals surface area contributed by atoms with Crippen molar-refractivity contribution in [3.8, 4) is 0 Å². The van der Waals surface area contributed by atoms with E-state index in [-0.39, 0.29) is 5.91 Å². The fourth-order valence-electron chi connectivity index (χ4n) is 0.966. The van der Waals surface area contributed by atoms with Crippen molar-refractivity contribution in [3.63, 3.8) is 0 Å². The van der Waals surface area contributed by atoms with Crippen LogP contribution in [0.5, 0.6) is 0 Å². The summed E-state index contributed by atoms with van der Waals surface area (Å²) in [6, 6.07) is -0.506. The Morgan fingerprint density at radius 1 is 1.24 bits per heavy atom. The van der Waals surface area contributed by atoms with Crippen LogP contribution < -0.4 is 16.4 Å². The van der Waals surface area contributed by atoms with E-state index in [1.165, 1.54) is 0 Å². The Morgan fingerprint density at radius 2 is 1.76 bits per heavy atom. The molecule has 6 nitrogen and oxygen atoms in total. The van der Waals surface area contributed by atoms with Crippen LogP contribution in [0.4, 0.5) is 4.79 Å². The molecule has 0 aromatic carbocycles. The third-order valence-electron chi connectivity index (χ3n) is 1.73. The zero-order valence-corrected chi connectivity index (χ0v) is 11.0. The Morgan fingerprint density at radius 3 is 2.24 bits per heavy atom. The first-order valence-electron chi connectivity index (χ1n) is 5.72. The molecule has 0 unspecified atom stereocenters. The second-order valence-corrected chi connectivity index (χ2v) is 4.86. The van der Waals surface area contributed by atoms with Crippen LogP contribution in [-0.2, 0) is 9.53 Å². The van der Waals surface area contributed by atoms with Crippen molar-refractivity contribution in [2.75, 3.05) is 13.1 Å². The van der Waals surface area contributed by atoms with Gasteiger partial charge in [0.15, 0.2) is 0 Å². The molecule has 4 N–H and O–H groups in total. The molecule has 0 saturated carbocycles. The predicted octanol–water partition coefficient (Wildman–Crippen LogP) is 0.365. The molecule has 0 fully saturated rings. The Bertz CT molecular complexity index is 259. The highest BCUT2D eigenvalue weighted by Crippen LogP contribution is 2.06. The fraction of sp³-hybridized carbons (Fsp3) is 0.818. The van der Waals surface area contributed by atoms with Gasteiger partial charge in [0.05, 0.1) is 6.04 Å². The monoisotopic (exact) mass is 245 g/mol. The van der Waals surface area contributed by atoms with Gasteiger partial charge in [-0.15, -0.1) is 0 Å². The highest BCUT2D eigenvalue weighted by Gasteiger charge is 2.15. The van der Waals surface area contributed by atoms with Crippen LogP contribution in [0.3, 0.4) is 0 Å². The number of carbonyl (C=O) groups excluding carboxylic acids is 2. The van der Waals surface area contributed by atoms with Gasteiger partial charge in [0.1, 0.15) is 5.60 Å². The normalized spacial score (nSPS) is 12.8. The van der Waals surface area contributed by atoms with E-state index in [0.29, 0.717) is 19.5 Å². The molecule has 0 aromatic rings. The smallest absolute Gasteiger partial charge is 0.407 e. The van der Waals surface area contributed by atoms with E-state index in [4.69, 9.17) is 10.5 Å². The summed E-state index contributed by atoms with van der Waals surface area (Å²) in [4.78, 5) is 22.3. The van der Waals surface area contributed by atoms with E-state index in [0.717, 1.165) is 0 Å². The van der Waals surface area contributed by atoms with Crippen molar-refractivity contribution in [2.45, 2.75) is 45.8 Å². The summed E-state index contributed by atoms with van der Waals surface area (Å²) < 4.78 is 5.05. The molecule has 0 rings (SSSR count). The summed E-state index contributed by atoms with van der Waals surface area (Å²) in [5.74, 6) is -0.192. The molecule has 0 bridgehead atoms. The van der Waals surface area contributed by atoms with Gasteiger partial charge < -0.3 is 21.1 Å². The summed E-state index contributed by atoms with van der Waals surface area (Å²) in [6.07, 6.45) is 0.188. The molecular weight excluding hydrogens is 222 g/mol. The van der Waals surface area contributed by atoms with Crippen LogP contribution in [-0.4, -0.2) is 36.7 Å². The fourth-order valence-corrected chi connectivity index (χ4v) is 0.966. The number of nitrogens with two attached hydrogens (primary N) is 1. The largest absolute Gasteiger partial charge is 0.444 e. The minimum Gasteiger partial charge on any atom is -0.444 e. The SMILES string of the molecule is C[C@H](N)C(=O)NCCCNC(=O)OC(C)(C)C.